The minimum Gasteiger partial charge on any atom is -0.466 e. The Balaban J connectivity index is 1.37. The number of rotatable bonds is 5. The minimum absolute atomic E-state index is 0.0670. The zero-order chi connectivity index (χ0) is 25.3. The molecule has 5 nitrogen and oxygen atoms in total. The van der Waals surface area contributed by atoms with Gasteiger partial charge in [0.25, 0.3) is 0 Å². The number of alkyl halides is 3. The molecular formula is C27H37F3N2O3. The minimum atomic E-state index is -4.38. The summed E-state index contributed by atoms with van der Waals surface area (Å²) in [6.07, 6.45) is -0.490. The number of hydrogen-bond acceptors (Lipinski definition) is 4. The van der Waals surface area contributed by atoms with Crippen molar-refractivity contribution in [1.29, 1.82) is 0 Å². The molecule has 8 heteroatoms. The predicted molar refractivity (Wildman–Crippen MR) is 126 cm³/mol. The fourth-order valence-corrected chi connectivity index (χ4v) is 6.25. The van der Waals surface area contributed by atoms with E-state index in [2.05, 4.69) is 18.7 Å². The molecule has 1 saturated heterocycles. The number of fused-ring (bicyclic) bond motifs is 1. The zero-order valence-corrected chi connectivity index (χ0v) is 20.9. The maximum atomic E-state index is 13.3. The van der Waals surface area contributed by atoms with Gasteiger partial charge in [-0.2, -0.15) is 13.2 Å². The first-order chi connectivity index (χ1) is 16.6. The number of benzene rings is 1. The van der Waals surface area contributed by atoms with Gasteiger partial charge in [-0.05, 0) is 80.7 Å². The Bertz CT molecular complexity index is 933. The monoisotopic (exact) mass is 494 g/mol. The van der Waals surface area contributed by atoms with Gasteiger partial charge in [-0.3, -0.25) is 9.59 Å². The van der Waals surface area contributed by atoms with Crippen LogP contribution in [0.15, 0.2) is 18.2 Å². The van der Waals surface area contributed by atoms with Crippen molar-refractivity contribution in [2.24, 2.45) is 23.7 Å². The second-order valence-corrected chi connectivity index (χ2v) is 10.7. The van der Waals surface area contributed by atoms with Crippen LogP contribution in [0.3, 0.4) is 0 Å². The van der Waals surface area contributed by atoms with E-state index >= 15 is 0 Å². The topological polar surface area (TPSA) is 49.9 Å². The summed E-state index contributed by atoms with van der Waals surface area (Å²) in [6.45, 7) is 9.01. The number of carbonyl (C=O) groups is 2. The average Bonchev–Trinajstić information content (AvgIpc) is 3.32. The average molecular weight is 495 g/mol. The summed E-state index contributed by atoms with van der Waals surface area (Å²) >= 11 is 0. The van der Waals surface area contributed by atoms with Gasteiger partial charge < -0.3 is 14.5 Å². The number of esters is 1. The summed E-state index contributed by atoms with van der Waals surface area (Å²) in [5.41, 5.74) is 0.850. The molecule has 1 saturated carbocycles. The quantitative estimate of drug-likeness (QED) is 0.546. The van der Waals surface area contributed by atoms with E-state index in [0.29, 0.717) is 37.1 Å². The molecule has 194 valence electrons. The Morgan fingerprint density at radius 2 is 1.89 bits per heavy atom. The fraction of sp³-hybridized carbons (Fsp3) is 0.704. The molecule has 0 radical (unpaired) electrons. The van der Waals surface area contributed by atoms with Gasteiger partial charge >= 0.3 is 12.1 Å². The van der Waals surface area contributed by atoms with E-state index in [9.17, 15) is 22.8 Å². The molecule has 2 aliphatic heterocycles. The third kappa shape index (κ3) is 5.68. The molecule has 2 fully saturated rings. The van der Waals surface area contributed by atoms with Gasteiger partial charge in [-0.25, -0.2) is 0 Å². The van der Waals surface area contributed by atoms with Crippen LogP contribution in [0.25, 0.3) is 0 Å². The normalized spacial score (nSPS) is 27.7. The molecule has 35 heavy (non-hydrogen) atoms. The molecular weight excluding hydrogens is 457 g/mol. The van der Waals surface area contributed by atoms with Crippen molar-refractivity contribution >= 4 is 11.9 Å². The van der Waals surface area contributed by atoms with Crippen molar-refractivity contribution in [1.82, 2.24) is 9.80 Å². The zero-order valence-electron chi connectivity index (χ0n) is 20.9. The second-order valence-electron chi connectivity index (χ2n) is 10.7. The van der Waals surface area contributed by atoms with Crippen LogP contribution in [0, 0.1) is 23.7 Å². The first-order valence-electron chi connectivity index (χ1n) is 13.0. The van der Waals surface area contributed by atoms with Crippen molar-refractivity contribution in [3.63, 3.8) is 0 Å². The van der Waals surface area contributed by atoms with E-state index in [1.807, 2.05) is 6.92 Å². The van der Waals surface area contributed by atoms with Crippen molar-refractivity contribution in [2.45, 2.75) is 71.6 Å². The highest BCUT2D eigenvalue weighted by Crippen LogP contribution is 2.38. The summed E-state index contributed by atoms with van der Waals surface area (Å²) in [5.74, 6) is 0.412. The lowest BCUT2D eigenvalue weighted by Crippen LogP contribution is -2.49. The molecule has 2 heterocycles. The van der Waals surface area contributed by atoms with Crippen molar-refractivity contribution in [3.8, 4) is 0 Å². The van der Waals surface area contributed by atoms with Crippen LogP contribution < -0.4 is 0 Å². The SMILES string of the molecule is CCOC(=O)C1CCN(C2CCC(C(=O)N3CCc4ccc(C(F)(F)F)cc4C3)C2)CC1C(C)C. The summed E-state index contributed by atoms with van der Waals surface area (Å²) in [4.78, 5) is 30.0. The van der Waals surface area contributed by atoms with Crippen LogP contribution in [0.1, 0.15) is 63.1 Å². The highest BCUT2D eigenvalue weighted by atomic mass is 19.4. The molecule has 1 aromatic carbocycles. The van der Waals surface area contributed by atoms with Crippen molar-refractivity contribution in [2.75, 3.05) is 26.2 Å². The van der Waals surface area contributed by atoms with E-state index in [4.69, 9.17) is 4.74 Å². The Morgan fingerprint density at radius 3 is 2.57 bits per heavy atom. The van der Waals surface area contributed by atoms with Gasteiger partial charge in [-0.1, -0.05) is 19.9 Å². The number of halogens is 3. The Hall–Kier alpha value is -2.09. The lowest BCUT2D eigenvalue weighted by atomic mass is 9.78. The number of amides is 1. The molecule has 4 atom stereocenters. The van der Waals surface area contributed by atoms with Gasteiger partial charge in [0.2, 0.25) is 5.91 Å². The lowest BCUT2D eigenvalue weighted by Gasteiger charge is -2.42. The Kier molecular flexibility index (Phi) is 7.79. The van der Waals surface area contributed by atoms with Crippen LogP contribution >= 0.6 is 0 Å². The molecule has 3 aliphatic rings. The second kappa shape index (κ2) is 10.5. The summed E-state index contributed by atoms with van der Waals surface area (Å²) in [7, 11) is 0. The summed E-state index contributed by atoms with van der Waals surface area (Å²) in [6, 6.07) is 4.19. The van der Waals surface area contributed by atoms with Gasteiger partial charge in [0, 0.05) is 31.6 Å². The van der Waals surface area contributed by atoms with E-state index in [1.165, 1.54) is 6.07 Å². The molecule has 1 aliphatic carbocycles. The first-order valence-corrected chi connectivity index (χ1v) is 13.0. The largest absolute Gasteiger partial charge is 0.466 e. The molecule has 1 aromatic rings. The molecule has 4 rings (SSSR count). The third-order valence-electron chi connectivity index (χ3n) is 8.26. The van der Waals surface area contributed by atoms with Crippen LogP contribution in [0.5, 0.6) is 0 Å². The predicted octanol–water partition coefficient (Wildman–Crippen LogP) is 4.92. The number of likely N-dealkylation sites (tertiary alicyclic amines) is 1. The number of nitrogens with zero attached hydrogens (tertiary/aromatic N) is 2. The van der Waals surface area contributed by atoms with E-state index in [0.717, 1.165) is 50.4 Å². The highest BCUT2D eigenvalue weighted by Gasteiger charge is 2.42. The van der Waals surface area contributed by atoms with Crippen LogP contribution in [0.2, 0.25) is 0 Å². The summed E-state index contributed by atoms with van der Waals surface area (Å²) < 4.78 is 44.8. The maximum Gasteiger partial charge on any atom is 0.416 e. The Morgan fingerprint density at radius 1 is 1.11 bits per heavy atom. The summed E-state index contributed by atoms with van der Waals surface area (Å²) in [5, 5.41) is 0. The Labute approximate surface area is 206 Å². The van der Waals surface area contributed by atoms with Gasteiger partial charge in [0.05, 0.1) is 18.1 Å². The molecule has 0 spiro atoms. The lowest BCUT2D eigenvalue weighted by molar-refractivity contribution is -0.153. The maximum absolute atomic E-state index is 13.3. The van der Waals surface area contributed by atoms with Crippen LogP contribution in [-0.2, 0) is 33.5 Å². The van der Waals surface area contributed by atoms with Gasteiger partial charge in [0.1, 0.15) is 0 Å². The molecule has 1 amide bonds. The number of carbonyl (C=O) groups excluding carboxylic acids is 2. The van der Waals surface area contributed by atoms with Gasteiger partial charge in [0.15, 0.2) is 0 Å². The fourth-order valence-electron chi connectivity index (χ4n) is 6.25. The number of ether oxygens (including phenoxy) is 1. The molecule has 4 unspecified atom stereocenters. The molecule has 0 bridgehead atoms. The molecule has 0 aromatic heterocycles. The first kappa shape index (κ1) is 26.0. The van der Waals surface area contributed by atoms with Crippen LogP contribution in [-0.4, -0.2) is 54.0 Å². The van der Waals surface area contributed by atoms with E-state index < -0.39 is 11.7 Å². The standard InChI is InChI=1S/C27H37F3N2O3/c1-4-35-26(34)23-10-12-31(16-24(23)17(2)3)22-8-6-19(14-22)25(33)32-11-9-18-5-7-21(27(28,29)30)13-20(18)15-32/h5,7,13,17,19,22-24H,4,6,8-12,14-16H2,1-3H3. The highest BCUT2D eigenvalue weighted by molar-refractivity contribution is 5.79. The van der Waals surface area contributed by atoms with Crippen molar-refractivity contribution in [3.05, 3.63) is 34.9 Å². The van der Waals surface area contributed by atoms with Crippen LogP contribution in [0.4, 0.5) is 13.2 Å². The van der Waals surface area contributed by atoms with E-state index in [-0.39, 0.29) is 36.2 Å². The smallest absolute Gasteiger partial charge is 0.416 e. The third-order valence-corrected chi connectivity index (χ3v) is 8.26. The molecule has 0 N–H and O–H groups in total. The van der Waals surface area contributed by atoms with E-state index in [1.54, 1.807) is 11.0 Å². The van der Waals surface area contributed by atoms with Crippen molar-refractivity contribution < 1.29 is 27.5 Å². The number of piperidine rings is 1. The van der Waals surface area contributed by atoms with Gasteiger partial charge in [-0.15, -0.1) is 0 Å². The number of hydrogen-bond donors (Lipinski definition) is 0.